The maximum Gasteiger partial charge on any atom is 0.341 e. The van der Waals surface area contributed by atoms with Crippen molar-refractivity contribution in [2.24, 2.45) is 0 Å². The first kappa shape index (κ1) is 20.0. The maximum absolute atomic E-state index is 11.7. The van der Waals surface area contributed by atoms with Crippen LogP contribution in [0.3, 0.4) is 0 Å². The number of hydrogen-bond donors (Lipinski definition) is 1. The number of benzene rings is 1. The minimum atomic E-state index is -0.408. The first-order chi connectivity index (χ1) is 13.7. The smallest absolute Gasteiger partial charge is 0.341 e. The number of aliphatic hydroxyl groups excluding tert-OH is 1. The third-order valence-corrected chi connectivity index (χ3v) is 4.71. The summed E-state index contributed by atoms with van der Waals surface area (Å²) in [5, 5.41) is 9.79. The number of aromatic nitrogens is 2. The minimum absolute atomic E-state index is 0.0190. The number of hydrogen-bond acceptors (Lipinski definition) is 7. The van der Waals surface area contributed by atoms with E-state index in [4.69, 9.17) is 4.74 Å². The molecule has 0 unspecified atom stereocenters. The first-order valence-corrected chi connectivity index (χ1v) is 9.53. The number of ether oxygens (including phenoxy) is 1. The number of carbonyl (C=O) groups excluding carboxylic acids is 1. The fourth-order valence-electron chi connectivity index (χ4n) is 3.14. The third kappa shape index (κ3) is 5.15. The molecule has 1 atom stereocenters. The van der Waals surface area contributed by atoms with Crippen LogP contribution in [0.1, 0.15) is 22.8 Å². The number of esters is 1. The van der Waals surface area contributed by atoms with Crippen LogP contribution in [0.25, 0.3) is 6.08 Å². The summed E-state index contributed by atoms with van der Waals surface area (Å²) in [5.41, 5.74) is 1.48. The van der Waals surface area contributed by atoms with Crippen LogP contribution in [-0.4, -0.2) is 71.4 Å². The Morgan fingerprint density at radius 3 is 2.46 bits per heavy atom. The van der Waals surface area contributed by atoms with Gasteiger partial charge in [-0.1, -0.05) is 42.5 Å². The molecule has 3 rings (SSSR count). The zero-order valence-corrected chi connectivity index (χ0v) is 16.1. The van der Waals surface area contributed by atoms with Gasteiger partial charge in [0.05, 0.1) is 24.8 Å². The second-order valence-corrected chi connectivity index (χ2v) is 6.53. The lowest BCUT2D eigenvalue weighted by molar-refractivity contribution is 0.0525. The van der Waals surface area contributed by atoms with Crippen LogP contribution in [0.4, 0.5) is 5.95 Å². The maximum atomic E-state index is 11.7. The highest BCUT2D eigenvalue weighted by molar-refractivity contribution is 5.88. The number of rotatable bonds is 7. The average Bonchev–Trinajstić information content (AvgIpc) is 2.76. The van der Waals surface area contributed by atoms with E-state index in [1.165, 1.54) is 12.4 Å². The van der Waals surface area contributed by atoms with Crippen molar-refractivity contribution in [2.45, 2.75) is 13.0 Å². The quantitative estimate of drug-likeness (QED) is 0.732. The second-order valence-electron chi connectivity index (χ2n) is 6.53. The van der Waals surface area contributed by atoms with E-state index in [9.17, 15) is 9.90 Å². The van der Waals surface area contributed by atoms with Crippen molar-refractivity contribution in [1.82, 2.24) is 14.9 Å². The van der Waals surface area contributed by atoms with E-state index >= 15 is 0 Å². The summed E-state index contributed by atoms with van der Waals surface area (Å²) in [4.78, 5) is 24.6. The van der Waals surface area contributed by atoms with Crippen molar-refractivity contribution in [1.29, 1.82) is 0 Å². The van der Waals surface area contributed by atoms with Gasteiger partial charge >= 0.3 is 5.97 Å². The fraction of sp³-hybridized carbons (Fsp3) is 0.381. The fourth-order valence-corrected chi connectivity index (χ4v) is 3.14. The number of aliphatic hydroxyl groups is 1. The first-order valence-electron chi connectivity index (χ1n) is 9.53. The molecule has 0 radical (unpaired) electrons. The zero-order chi connectivity index (χ0) is 19.8. The Hall–Kier alpha value is -2.77. The molecule has 2 heterocycles. The standard InChI is InChI=1S/C21H26N4O3/c1-2-28-20(27)18-14-22-21(23-15-18)25-12-10-24(11-13-25)19(16-26)9-8-17-6-4-3-5-7-17/h3-9,14-15,19,26H,2,10-13,16H2,1H3/t19-/m0/s1. The molecule has 1 aromatic carbocycles. The normalized spacial score (nSPS) is 16.3. The third-order valence-electron chi connectivity index (χ3n) is 4.71. The van der Waals surface area contributed by atoms with Crippen LogP contribution >= 0.6 is 0 Å². The van der Waals surface area contributed by atoms with Gasteiger partial charge in [-0.2, -0.15) is 0 Å². The van der Waals surface area contributed by atoms with Crippen LogP contribution in [-0.2, 0) is 4.74 Å². The lowest BCUT2D eigenvalue weighted by Gasteiger charge is -2.37. The van der Waals surface area contributed by atoms with Crippen molar-refractivity contribution in [3.05, 3.63) is 59.9 Å². The SMILES string of the molecule is CCOC(=O)c1cnc(N2CCN([C@@H](C=Cc3ccccc3)CO)CC2)nc1. The summed E-state index contributed by atoms with van der Waals surface area (Å²) in [7, 11) is 0. The van der Waals surface area contributed by atoms with E-state index in [1.54, 1.807) is 6.92 Å². The van der Waals surface area contributed by atoms with Gasteiger partial charge in [0.15, 0.2) is 0 Å². The molecule has 148 valence electrons. The number of anilines is 1. The largest absolute Gasteiger partial charge is 0.462 e. The van der Waals surface area contributed by atoms with Gasteiger partial charge in [0, 0.05) is 38.6 Å². The van der Waals surface area contributed by atoms with E-state index in [0.717, 1.165) is 31.7 Å². The summed E-state index contributed by atoms with van der Waals surface area (Å²) in [6, 6.07) is 10.1. The molecular weight excluding hydrogens is 356 g/mol. The highest BCUT2D eigenvalue weighted by atomic mass is 16.5. The molecule has 2 aromatic rings. The molecule has 1 aromatic heterocycles. The monoisotopic (exact) mass is 382 g/mol. The second kappa shape index (κ2) is 9.96. The molecule has 0 aliphatic carbocycles. The minimum Gasteiger partial charge on any atom is -0.462 e. The van der Waals surface area contributed by atoms with Gasteiger partial charge in [-0.15, -0.1) is 0 Å². The van der Waals surface area contributed by atoms with Crippen molar-refractivity contribution >= 4 is 18.0 Å². The van der Waals surface area contributed by atoms with E-state index in [1.807, 2.05) is 36.4 Å². The number of nitrogens with zero attached hydrogens (tertiary/aromatic N) is 4. The summed E-state index contributed by atoms with van der Waals surface area (Å²) in [6.45, 7) is 5.28. The number of piperazine rings is 1. The molecule has 0 bridgehead atoms. The molecule has 28 heavy (non-hydrogen) atoms. The summed E-state index contributed by atoms with van der Waals surface area (Å²) in [6.07, 6.45) is 7.11. The van der Waals surface area contributed by atoms with Crippen molar-refractivity contribution in [2.75, 3.05) is 44.3 Å². The molecule has 1 aliphatic rings. The summed E-state index contributed by atoms with van der Waals surface area (Å²) >= 11 is 0. The molecule has 1 N–H and O–H groups in total. The predicted molar refractivity (Wildman–Crippen MR) is 108 cm³/mol. The van der Waals surface area contributed by atoms with E-state index in [2.05, 4.69) is 25.8 Å². The lowest BCUT2D eigenvalue weighted by Crippen LogP contribution is -2.51. The Bertz CT molecular complexity index is 772. The van der Waals surface area contributed by atoms with Gasteiger partial charge in [-0.05, 0) is 12.5 Å². The average molecular weight is 382 g/mol. The van der Waals surface area contributed by atoms with Crippen molar-refractivity contribution < 1.29 is 14.6 Å². The Labute approximate surface area is 165 Å². The molecule has 1 saturated heterocycles. The van der Waals surface area contributed by atoms with Crippen LogP contribution in [0, 0.1) is 0 Å². The molecule has 0 saturated carbocycles. The molecule has 1 fully saturated rings. The highest BCUT2D eigenvalue weighted by Crippen LogP contribution is 2.14. The summed E-state index contributed by atoms with van der Waals surface area (Å²) < 4.78 is 4.95. The van der Waals surface area contributed by atoms with Gasteiger partial charge in [0.1, 0.15) is 0 Å². The number of carbonyl (C=O) groups is 1. The molecule has 0 amide bonds. The Morgan fingerprint density at radius 1 is 1.18 bits per heavy atom. The predicted octanol–water partition coefficient (Wildman–Crippen LogP) is 1.85. The van der Waals surface area contributed by atoms with Crippen LogP contribution < -0.4 is 4.90 Å². The summed E-state index contributed by atoms with van der Waals surface area (Å²) in [5.74, 6) is 0.197. The molecule has 0 spiro atoms. The molecule has 1 aliphatic heterocycles. The van der Waals surface area contributed by atoms with Gasteiger partial charge in [0.2, 0.25) is 5.95 Å². The van der Waals surface area contributed by atoms with Crippen molar-refractivity contribution in [3.63, 3.8) is 0 Å². The van der Waals surface area contributed by atoms with E-state index < -0.39 is 5.97 Å². The van der Waals surface area contributed by atoms with Crippen molar-refractivity contribution in [3.8, 4) is 0 Å². The van der Waals surface area contributed by atoms with Gasteiger partial charge in [0.25, 0.3) is 0 Å². The molecular formula is C21H26N4O3. The van der Waals surface area contributed by atoms with Gasteiger partial charge in [-0.25, -0.2) is 14.8 Å². The van der Waals surface area contributed by atoms with Gasteiger partial charge in [-0.3, -0.25) is 4.90 Å². The zero-order valence-electron chi connectivity index (χ0n) is 16.1. The molecule has 7 heteroatoms. The van der Waals surface area contributed by atoms with Crippen LogP contribution in [0.5, 0.6) is 0 Å². The Morgan fingerprint density at radius 2 is 1.86 bits per heavy atom. The Balaban J connectivity index is 1.56. The Kier molecular flexibility index (Phi) is 7.11. The van der Waals surface area contributed by atoms with E-state index in [0.29, 0.717) is 18.1 Å². The van der Waals surface area contributed by atoms with Crippen LogP contribution in [0.15, 0.2) is 48.8 Å². The van der Waals surface area contributed by atoms with Crippen LogP contribution in [0.2, 0.25) is 0 Å². The lowest BCUT2D eigenvalue weighted by atomic mass is 10.1. The van der Waals surface area contributed by atoms with E-state index in [-0.39, 0.29) is 12.6 Å². The molecule has 7 nitrogen and oxygen atoms in total. The topological polar surface area (TPSA) is 78.8 Å². The highest BCUT2D eigenvalue weighted by Gasteiger charge is 2.23. The van der Waals surface area contributed by atoms with Gasteiger partial charge < -0.3 is 14.7 Å².